The monoisotopic (exact) mass is 274 g/mol. The largest absolute Gasteiger partial charge is 0.389 e. The van der Waals surface area contributed by atoms with E-state index in [4.69, 9.17) is 9.47 Å². The summed E-state index contributed by atoms with van der Waals surface area (Å²) >= 11 is 0. The van der Waals surface area contributed by atoms with Gasteiger partial charge in [0.25, 0.3) is 0 Å². The van der Waals surface area contributed by atoms with E-state index in [0.717, 1.165) is 6.54 Å². The molecular weight excluding hydrogens is 244 g/mol. The number of hydrogen-bond acceptors (Lipinski definition) is 5. The molecule has 1 aliphatic rings. The number of nitrogens with one attached hydrogen (secondary N) is 1. The lowest BCUT2D eigenvalue weighted by Gasteiger charge is -2.38. The zero-order valence-corrected chi connectivity index (χ0v) is 12.7. The van der Waals surface area contributed by atoms with Crippen molar-refractivity contribution in [2.75, 3.05) is 60.2 Å². The Balaban J connectivity index is 2.05. The fourth-order valence-corrected chi connectivity index (χ4v) is 2.30. The lowest BCUT2D eigenvalue weighted by molar-refractivity contribution is 0.0123. The summed E-state index contributed by atoms with van der Waals surface area (Å²) in [6, 6.07) is 0. The van der Waals surface area contributed by atoms with Crippen LogP contribution in [0.25, 0.3) is 0 Å². The van der Waals surface area contributed by atoms with Crippen LogP contribution >= 0.6 is 0 Å². The Morgan fingerprint density at radius 1 is 1.32 bits per heavy atom. The molecule has 2 N–H and O–H groups in total. The van der Waals surface area contributed by atoms with E-state index in [-0.39, 0.29) is 0 Å². The molecule has 0 saturated carbocycles. The van der Waals surface area contributed by atoms with Gasteiger partial charge < -0.3 is 24.8 Å². The van der Waals surface area contributed by atoms with Crippen LogP contribution in [0.15, 0.2) is 0 Å². The van der Waals surface area contributed by atoms with Gasteiger partial charge in [-0.1, -0.05) is 6.92 Å². The van der Waals surface area contributed by atoms with Crippen molar-refractivity contribution >= 4 is 0 Å². The van der Waals surface area contributed by atoms with E-state index >= 15 is 0 Å². The lowest BCUT2D eigenvalue weighted by Crippen LogP contribution is -2.44. The lowest BCUT2D eigenvalue weighted by atomic mass is 9.80. The first-order valence-corrected chi connectivity index (χ1v) is 7.20. The van der Waals surface area contributed by atoms with Crippen molar-refractivity contribution in [3.63, 3.8) is 0 Å². The molecule has 0 bridgehead atoms. The molecule has 5 heteroatoms. The summed E-state index contributed by atoms with van der Waals surface area (Å²) in [6.07, 6.45) is 2.00. The van der Waals surface area contributed by atoms with Crippen molar-refractivity contribution in [3.05, 3.63) is 0 Å². The molecule has 1 aliphatic heterocycles. The van der Waals surface area contributed by atoms with Gasteiger partial charge in [-0.25, -0.2) is 0 Å². The van der Waals surface area contributed by atoms with Gasteiger partial charge in [-0.2, -0.15) is 0 Å². The first kappa shape index (κ1) is 16.9. The van der Waals surface area contributed by atoms with Gasteiger partial charge in [0.05, 0.1) is 25.9 Å². The zero-order chi connectivity index (χ0) is 14.1. The third-order valence-electron chi connectivity index (χ3n) is 3.87. The molecule has 0 aromatic rings. The average Bonchev–Trinajstić information content (AvgIpc) is 2.39. The summed E-state index contributed by atoms with van der Waals surface area (Å²) in [4.78, 5) is 2.38. The Kier molecular flexibility index (Phi) is 7.87. The van der Waals surface area contributed by atoms with Crippen molar-refractivity contribution in [1.82, 2.24) is 10.2 Å². The second-order valence-corrected chi connectivity index (χ2v) is 5.97. The predicted octanol–water partition coefficient (Wildman–Crippen LogP) is 0.332. The van der Waals surface area contributed by atoms with E-state index in [1.807, 2.05) is 0 Å². The molecule has 0 spiro atoms. The maximum atomic E-state index is 9.77. The second kappa shape index (κ2) is 8.87. The number of methoxy groups -OCH3 is 1. The highest BCUT2D eigenvalue weighted by Crippen LogP contribution is 2.29. The highest BCUT2D eigenvalue weighted by atomic mass is 16.5. The Morgan fingerprint density at radius 2 is 2.00 bits per heavy atom. The molecule has 0 aromatic carbocycles. The van der Waals surface area contributed by atoms with E-state index < -0.39 is 6.10 Å². The normalized spacial score (nSPS) is 21.5. The van der Waals surface area contributed by atoms with Gasteiger partial charge in [0.1, 0.15) is 0 Å². The maximum Gasteiger partial charge on any atom is 0.0897 e. The summed E-state index contributed by atoms with van der Waals surface area (Å²) in [5.74, 6) is 0. The SMILES string of the molecule is COCCOCC(O)CNCC1(C)CCN(C)CC1. The van der Waals surface area contributed by atoms with Crippen molar-refractivity contribution in [1.29, 1.82) is 0 Å². The summed E-state index contributed by atoms with van der Waals surface area (Å²) < 4.78 is 10.2. The number of hydrogen-bond donors (Lipinski definition) is 2. The van der Waals surface area contributed by atoms with Crippen LogP contribution in [0, 0.1) is 5.41 Å². The number of rotatable bonds is 9. The van der Waals surface area contributed by atoms with Crippen LogP contribution in [0.3, 0.4) is 0 Å². The van der Waals surface area contributed by atoms with Crippen LogP contribution in [0.5, 0.6) is 0 Å². The third kappa shape index (κ3) is 7.22. The highest BCUT2D eigenvalue weighted by molar-refractivity contribution is 4.83. The molecule has 1 saturated heterocycles. The van der Waals surface area contributed by atoms with E-state index in [1.165, 1.54) is 25.9 Å². The number of nitrogens with zero attached hydrogens (tertiary/aromatic N) is 1. The van der Waals surface area contributed by atoms with Gasteiger partial charge in [-0.15, -0.1) is 0 Å². The van der Waals surface area contributed by atoms with Crippen LogP contribution in [0.1, 0.15) is 19.8 Å². The topological polar surface area (TPSA) is 54.0 Å². The smallest absolute Gasteiger partial charge is 0.0897 e. The maximum absolute atomic E-state index is 9.77. The van der Waals surface area contributed by atoms with E-state index in [9.17, 15) is 5.11 Å². The molecule has 5 nitrogen and oxygen atoms in total. The summed E-state index contributed by atoms with van der Waals surface area (Å²) in [6.45, 7) is 7.71. The van der Waals surface area contributed by atoms with Crippen LogP contribution in [0.4, 0.5) is 0 Å². The van der Waals surface area contributed by atoms with Crippen LogP contribution in [0.2, 0.25) is 0 Å². The Hall–Kier alpha value is -0.200. The molecule has 1 fully saturated rings. The van der Waals surface area contributed by atoms with Crippen molar-refractivity contribution in [3.8, 4) is 0 Å². The van der Waals surface area contributed by atoms with Gasteiger partial charge in [-0.05, 0) is 38.4 Å². The first-order chi connectivity index (χ1) is 9.06. The number of aliphatic hydroxyl groups is 1. The van der Waals surface area contributed by atoms with Gasteiger partial charge in [-0.3, -0.25) is 0 Å². The fourth-order valence-electron chi connectivity index (χ4n) is 2.30. The van der Waals surface area contributed by atoms with Gasteiger partial charge in [0.15, 0.2) is 0 Å². The van der Waals surface area contributed by atoms with Crippen molar-refractivity contribution in [2.24, 2.45) is 5.41 Å². The minimum Gasteiger partial charge on any atom is -0.389 e. The van der Waals surface area contributed by atoms with Crippen molar-refractivity contribution in [2.45, 2.75) is 25.9 Å². The van der Waals surface area contributed by atoms with Gasteiger partial charge in [0, 0.05) is 20.2 Å². The number of piperidine rings is 1. The first-order valence-electron chi connectivity index (χ1n) is 7.20. The number of ether oxygens (including phenoxy) is 2. The van der Waals surface area contributed by atoms with E-state index in [1.54, 1.807) is 7.11 Å². The Bertz CT molecular complexity index is 231. The average molecular weight is 274 g/mol. The summed E-state index contributed by atoms with van der Waals surface area (Å²) in [5.41, 5.74) is 0.364. The van der Waals surface area contributed by atoms with Crippen LogP contribution in [-0.2, 0) is 9.47 Å². The summed E-state index contributed by atoms with van der Waals surface area (Å²) in [7, 11) is 3.82. The molecule has 0 amide bonds. The molecule has 114 valence electrons. The molecule has 1 unspecified atom stereocenters. The molecule has 19 heavy (non-hydrogen) atoms. The van der Waals surface area contributed by atoms with E-state index in [0.29, 0.717) is 31.8 Å². The molecule has 0 radical (unpaired) electrons. The molecule has 0 aromatic heterocycles. The number of likely N-dealkylation sites (tertiary alicyclic amines) is 1. The minimum absolute atomic E-state index is 0.364. The fraction of sp³-hybridized carbons (Fsp3) is 1.00. The molecular formula is C14H30N2O3. The Labute approximate surface area is 117 Å². The van der Waals surface area contributed by atoms with E-state index in [2.05, 4.69) is 24.2 Å². The standard InChI is InChI=1S/C14H30N2O3/c1-14(4-6-16(2)7-5-14)12-15-10-13(17)11-19-9-8-18-3/h13,15,17H,4-12H2,1-3H3. The predicted molar refractivity (Wildman–Crippen MR) is 76.4 cm³/mol. The third-order valence-corrected chi connectivity index (χ3v) is 3.87. The van der Waals surface area contributed by atoms with Crippen LogP contribution in [-0.4, -0.2) is 76.3 Å². The summed E-state index contributed by atoms with van der Waals surface area (Å²) in [5, 5.41) is 13.1. The molecule has 0 aliphatic carbocycles. The minimum atomic E-state index is -0.438. The highest BCUT2D eigenvalue weighted by Gasteiger charge is 2.28. The second-order valence-electron chi connectivity index (χ2n) is 5.97. The van der Waals surface area contributed by atoms with Gasteiger partial charge >= 0.3 is 0 Å². The number of aliphatic hydroxyl groups excluding tert-OH is 1. The van der Waals surface area contributed by atoms with Gasteiger partial charge in [0.2, 0.25) is 0 Å². The molecule has 1 atom stereocenters. The van der Waals surface area contributed by atoms with Crippen LogP contribution < -0.4 is 5.32 Å². The zero-order valence-electron chi connectivity index (χ0n) is 12.7. The Morgan fingerprint density at radius 3 is 2.63 bits per heavy atom. The molecule has 1 heterocycles. The van der Waals surface area contributed by atoms with Crippen molar-refractivity contribution < 1.29 is 14.6 Å². The molecule has 1 rings (SSSR count). The quantitative estimate of drug-likeness (QED) is 0.594.